The first-order valence-corrected chi connectivity index (χ1v) is 3.68. The van der Waals surface area contributed by atoms with E-state index in [0.29, 0.717) is 17.2 Å². The van der Waals surface area contributed by atoms with Gasteiger partial charge in [-0.3, -0.25) is 0 Å². The van der Waals surface area contributed by atoms with Crippen LogP contribution in [0.1, 0.15) is 20.8 Å². The molecule has 2 radical (unpaired) electrons. The van der Waals surface area contributed by atoms with Crippen LogP contribution >= 0.6 is 0 Å². The van der Waals surface area contributed by atoms with Crippen LogP contribution in [0, 0.1) is 0 Å². The Morgan fingerprint density at radius 3 is 2.45 bits per heavy atom. The summed E-state index contributed by atoms with van der Waals surface area (Å²) >= 11 is 0. The van der Waals surface area contributed by atoms with Crippen molar-refractivity contribution in [2.75, 3.05) is 0 Å². The van der Waals surface area contributed by atoms with Crippen molar-refractivity contribution in [3.05, 3.63) is 23.4 Å². The molecule has 0 aliphatic rings. The van der Waals surface area contributed by atoms with Crippen molar-refractivity contribution in [3.63, 3.8) is 0 Å². The van der Waals surface area contributed by atoms with Crippen LogP contribution in [0.15, 0.2) is 23.4 Å². The number of allylic oxidation sites excluding steroid dienone is 2. The summed E-state index contributed by atoms with van der Waals surface area (Å²) in [6.45, 7) is 5.89. The highest BCUT2D eigenvalue weighted by Gasteiger charge is 1.86. The van der Waals surface area contributed by atoms with Crippen LogP contribution in [-0.2, 0) is 0 Å². The van der Waals surface area contributed by atoms with Crippen molar-refractivity contribution in [2.24, 2.45) is 5.73 Å². The molecule has 0 aromatic rings. The standard InChI is InChI=1S/C8H15BN2/c1-6(2)11-5-8(10)4-7(3)9/h4-6,11H,10H2,1-3H3/b7-4+,8-5+. The van der Waals surface area contributed by atoms with Gasteiger partial charge in [-0.1, -0.05) is 6.92 Å². The molecular formula is C8H15BN2. The molecule has 0 heterocycles. The van der Waals surface area contributed by atoms with Gasteiger partial charge in [-0.15, -0.1) is 5.47 Å². The summed E-state index contributed by atoms with van der Waals surface area (Å²) in [7, 11) is 5.41. The maximum absolute atomic E-state index is 5.57. The number of hydrogen-bond acceptors (Lipinski definition) is 2. The van der Waals surface area contributed by atoms with Crippen molar-refractivity contribution >= 4 is 7.85 Å². The minimum absolute atomic E-state index is 0.403. The number of nitrogens with one attached hydrogen (secondary N) is 1. The largest absolute Gasteiger partial charge is 0.398 e. The molecule has 3 heteroatoms. The van der Waals surface area contributed by atoms with E-state index in [4.69, 9.17) is 13.6 Å². The molecule has 2 nitrogen and oxygen atoms in total. The van der Waals surface area contributed by atoms with Gasteiger partial charge in [-0.2, -0.15) is 0 Å². The summed E-state index contributed by atoms with van der Waals surface area (Å²) in [5, 5.41) is 3.06. The van der Waals surface area contributed by atoms with Crippen LogP contribution in [0.4, 0.5) is 0 Å². The van der Waals surface area contributed by atoms with Crippen LogP contribution in [0.25, 0.3) is 0 Å². The second kappa shape index (κ2) is 4.88. The van der Waals surface area contributed by atoms with Gasteiger partial charge in [0.1, 0.15) is 7.85 Å². The minimum atomic E-state index is 0.403. The minimum Gasteiger partial charge on any atom is -0.398 e. The lowest BCUT2D eigenvalue weighted by atomic mass is 9.97. The summed E-state index contributed by atoms with van der Waals surface area (Å²) in [5.41, 5.74) is 6.93. The van der Waals surface area contributed by atoms with Gasteiger partial charge >= 0.3 is 0 Å². The maximum Gasteiger partial charge on any atom is 0.107 e. The molecule has 0 unspecified atom stereocenters. The normalized spacial score (nSPS) is 13.8. The second-order valence-corrected chi connectivity index (χ2v) is 2.85. The van der Waals surface area contributed by atoms with Crippen LogP contribution in [-0.4, -0.2) is 13.9 Å². The van der Waals surface area contributed by atoms with E-state index in [1.54, 1.807) is 19.2 Å². The molecule has 0 aromatic heterocycles. The molecule has 0 aliphatic heterocycles. The Morgan fingerprint density at radius 1 is 1.55 bits per heavy atom. The van der Waals surface area contributed by atoms with Crippen molar-refractivity contribution in [3.8, 4) is 0 Å². The maximum atomic E-state index is 5.57. The Balaban J connectivity index is 3.92. The molecule has 3 N–H and O–H groups in total. The Bertz CT molecular complexity index is 167. The third kappa shape index (κ3) is 7.04. The zero-order chi connectivity index (χ0) is 8.85. The highest BCUT2D eigenvalue weighted by atomic mass is 14.9. The first kappa shape index (κ1) is 10.1. The van der Waals surface area contributed by atoms with E-state index >= 15 is 0 Å². The smallest absolute Gasteiger partial charge is 0.107 e. The van der Waals surface area contributed by atoms with Gasteiger partial charge in [0, 0.05) is 17.9 Å². The fourth-order valence-electron chi connectivity index (χ4n) is 0.567. The van der Waals surface area contributed by atoms with E-state index in [1.165, 1.54) is 0 Å². The van der Waals surface area contributed by atoms with E-state index in [1.807, 2.05) is 13.8 Å². The van der Waals surface area contributed by atoms with Crippen LogP contribution in [0.2, 0.25) is 0 Å². The molecule has 11 heavy (non-hydrogen) atoms. The van der Waals surface area contributed by atoms with Crippen molar-refractivity contribution in [1.82, 2.24) is 5.32 Å². The van der Waals surface area contributed by atoms with E-state index in [9.17, 15) is 0 Å². The zero-order valence-electron chi connectivity index (χ0n) is 7.39. The van der Waals surface area contributed by atoms with Gasteiger partial charge in [0.15, 0.2) is 0 Å². The molecule has 0 amide bonds. The monoisotopic (exact) mass is 150 g/mol. The molecule has 0 saturated carbocycles. The quantitative estimate of drug-likeness (QED) is 0.462. The van der Waals surface area contributed by atoms with Gasteiger partial charge < -0.3 is 11.1 Å². The van der Waals surface area contributed by atoms with Gasteiger partial charge in [-0.25, -0.2) is 0 Å². The lowest BCUT2D eigenvalue weighted by Gasteiger charge is -2.04. The Morgan fingerprint density at radius 2 is 2.09 bits per heavy atom. The molecule has 0 bridgehead atoms. The lowest BCUT2D eigenvalue weighted by Crippen LogP contribution is -2.17. The third-order valence-electron chi connectivity index (χ3n) is 0.978. The fraction of sp³-hybridized carbons (Fsp3) is 0.500. The summed E-state index contributed by atoms with van der Waals surface area (Å²) in [6.07, 6.45) is 3.47. The molecule has 0 aliphatic carbocycles. The summed E-state index contributed by atoms with van der Waals surface area (Å²) in [4.78, 5) is 0. The van der Waals surface area contributed by atoms with Crippen molar-refractivity contribution in [1.29, 1.82) is 0 Å². The fourth-order valence-corrected chi connectivity index (χ4v) is 0.567. The molecule has 0 spiro atoms. The van der Waals surface area contributed by atoms with Crippen molar-refractivity contribution in [2.45, 2.75) is 26.8 Å². The predicted octanol–water partition coefficient (Wildman–Crippen LogP) is 0.857. The average molecular weight is 150 g/mol. The summed E-state index contributed by atoms with van der Waals surface area (Å²) in [5.74, 6) is 0. The van der Waals surface area contributed by atoms with Gasteiger partial charge in [-0.05, 0) is 19.9 Å². The molecule has 0 rings (SSSR count). The van der Waals surface area contributed by atoms with Gasteiger partial charge in [0.05, 0.1) is 0 Å². The molecule has 0 aromatic carbocycles. The molecular weight excluding hydrogens is 135 g/mol. The molecule has 0 atom stereocenters. The Kier molecular flexibility index (Phi) is 4.50. The first-order chi connectivity index (χ1) is 5.02. The van der Waals surface area contributed by atoms with Gasteiger partial charge in [0.2, 0.25) is 0 Å². The molecule has 60 valence electrons. The highest BCUT2D eigenvalue weighted by Crippen LogP contribution is 1.90. The first-order valence-electron chi connectivity index (χ1n) is 3.68. The number of hydrogen-bond donors (Lipinski definition) is 2. The number of nitrogens with two attached hydrogens (primary N) is 1. The van der Waals surface area contributed by atoms with Crippen LogP contribution in [0.3, 0.4) is 0 Å². The average Bonchev–Trinajstić information content (AvgIpc) is 1.82. The summed E-state index contributed by atoms with van der Waals surface area (Å²) in [6, 6.07) is 0.403. The van der Waals surface area contributed by atoms with Crippen LogP contribution < -0.4 is 11.1 Å². The zero-order valence-corrected chi connectivity index (χ0v) is 7.39. The topological polar surface area (TPSA) is 38.0 Å². The Labute approximate surface area is 70.0 Å². The highest BCUT2D eigenvalue weighted by molar-refractivity contribution is 6.21. The van der Waals surface area contributed by atoms with Crippen LogP contribution in [0.5, 0.6) is 0 Å². The summed E-state index contributed by atoms with van der Waals surface area (Å²) < 4.78 is 0. The van der Waals surface area contributed by atoms with E-state index in [2.05, 4.69) is 5.32 Å². The SMILES string of the molecule is [B]/C(C)=C/C(N)=C\NC(C)C. The lowest BCUT2D eigenvalue weighted by molar-refractivity contribution is 0.699. The van der Waals surface area contributed by atoms with E-state index in [-0.39, 0.29) is 0 Å². The molecule has 0 saturated heterocycles. The number of rotatable bonds is 3. The predicted molar refractivity (Wildman–Crippen MR) is 50.1 cm³/mol. The third-order valence-corrected chi connectivity index (χ3v) is 0.978. The van der Waals surface area contributed by atoms with E-state index < -0.39 is 0 Å². The molecule has 0 fully saturated rings. The Hall–Kier alpha value is -0.855. The van der Waals surface area contributed by atoms with Crippen molar-refractivity contribution < 1.29 is 0 Å². The van der Waals surface area contributed by atoms with Gasteiger partial charge in [0.25, 0.3) is 0 Å². The second-order valence-electron chi connectivity index (χ2n) is 2.85. The van der Waals surface area contributed by atoms with E-state index in [0.717, 1.165) is 0 Å².